The molecule has 0 aliphatic rings. The number of benzene rings is 2. The molecule has 0 saturated heterocycles. The third-order valence-electron chi connectivity index (χ3n) is 4.86. The van der Waals surface area contributed by atoms with Gasteiger partial charge in [0, 0.05) is 19.2 Å². The monoisotopic (exact) mass is 494 g/mol. The number of sulfone groups is 1. The molecule has 0 bridgehead atoms. The van der Waals surface area contributed by atoms with Gasteiger partial charge in [0.05, 0.1) is 48.3 Å². The first-order chi connectivity index (χ1) is 15.8. The van der Waals surface area contributed by atoms with Gasteiger partial charge in [-0.05, 0) is 17.7 Å². The lowest BCUT2D eigenvalue weighted by Crippen LogP contribution is -2.24. The van der Waals surface area contributed by atoms with Crippen LogP contribution in [0.5, 0.6) is 11.5 Å². The Morgan fingerprint density at radius 3 is 2.33 bits per heavy atom. The molecule has 3 rings (SSSR count). The van der Waals surface area contributed by atoms with Crippen molar-refractivity contribution in [2.24, 2.45) is 0 Å². The summed E-state index contributed by atoms with van der Waals surface area (Å²) in [7, 11) is 1.27. The highest BCUT2D eigenvalue weighted by Gasteiger charge is 2.24. The average molecular weight is 495 g/mol. The first-order valence-electron chi connectivity index (χ1n) is 10.1. The molecule has 33 heavy (non-hydrogen) atoms. The summed E-state index contributed by atoms with van der Waals surface area (Å²) in [6.07, 6.45) is -0.977. The minimum Gasteiger partial charge on any atom is -0.493 e. The highest BCUT2D eigenvalue weighted by molar-refractivity contribution is 7.91. The second-order valence-corrected chi connectivity index (χ2v) is 10.2. The lowest BCUT2D eigenvalue weighted by Gasteiger charge is -2.17. The maximum Gasteiger partial charge on any atom is 0.259 e. The van der Waals surface area contributed by atoms with E-state index in [4.69, 9.17) is 18.9 Å². The average Bonchev–Trinajstić information content (AvgIpc) is 3.21. The van der Waals surface area contributed by atoms with Crippen LogP contribution in [-0.4, -0.2) is 59.6 Å². The number of fused-ring (bicyclic) bond motifs is 1. The second-order valence-electron chi connectivity index (χ2n) is 6.90. The Morgan fingerprint density at radius 1 is 1.06 bits per heavy atom. The van der Waals surface area contributed by atoms with E-state index < -0.39 is 21.8 Å². The number of thiazole rings is 1. The normalized spacial score (nSPS) is 12.5. The fourth-order valence-electron chi connectivity index (χ4n) is 3.07. The number of ether oxygens (including phenoxy) is 4. The molecule has 0 aliphatic heterocycles. The zero-order chi connectivity index (χ0) is 24.0. The predicted octanol–water partition coefficient (Wildman–Crippen LogP) is 3.45. The van der Waals surface area contributed by atoms with Gasteiger partial charge < -0.3 is 18.9 Å². The summed E-state index contributed by atoms with van der Waals surface area (Å²) in [5.41, 5.74) is 1.17. The molecule has 1 atom stereocenters. The zero-order valence-corrected chi connectivity index (χ0v) is 20.4. The predicted molar refractivity (Wildman–Crippen MR) is 126 cm³/mol. The van der Waals surface area contributed by atoms with E-state index >= 15 is 0 Å². The Balaban J connectivity index is 1.86. The molecule has 0 spiro atoms. The molecule has 11 heteroatoms. The third-order valence-corrected chi connectivity index (χ3v) is 7.54. The van der Waals surface area contributed by atoms with E-state index in [-0.39, 0.29) is 17.3 Å². The summed E-state index contributed by atoms with van der Waals surface area (Å²) in [6.45, 7) is 2.06. The van der Waals surface area contributed by atoms with Crippen molar-refractivity contribution in [2.45, 2.75) is 17.9 Å². The number of nitrogens with zero attached hydrogens (tertiary/aromatic N) is 1. The summed E-state index contributed by atoms with van der Waals surface area (Å²) < 4.78 is 46.4. The number of amides is 1. The van der Waals surface area contributed by atoms with Crippen LogP contribution in [0.1, 0.15) is 18.6 Å². The van der Waals surface area contributed by atoms with Crippen LogP contribution >= 0.6 is 11.3 Å². The molecular formula is C22H26N2O7S2. The van der Waals surface area contributed by atoms with Gasteiger partial charge in [0.2, 0.25) is 0 Å². The largest absolute Gasteiger partial charge is 0.493 e. The van der Waals surface area contributed by atoms with Crippen molar-refractivity contribution >= 4 is 42.4 Å². The summed E-state index contributed by atoms with van der Waals surface area (Å²) in [4.78, 5) is 17.7. The number of hydrogen-bond acceptors (Lipinski definition) is 9. The Labute approximate surface area is 196 Å². The molecule has 0 saturated carbocycles. The van der Waals surface area contributed by atoms with Gasteiger partial charge in [-0.1, -0.05) is 30.4 Å². The van der Waals surface area contributed by atoms with Crippen LogP contribution in [0.3, 0.4) is 0 Å². The number of nitrogens with one attached hydrogen (secondary N) is 1. The molecule has 1 aromatic heterocycles. The highest BCUT2D eigenvalue weighted by Crippen LogP contribution is 2.36. The number of aromatic nitrogens is 1. The second kappa shape index (κ2) is 10.9. The van der Waals surface area contributed by atoms with Crippen LogP contribution in [0, 0.1) is 0 Å². The van der Waals surface area contributed by atoms with Crippen molar-refractivity contribution in [3.8, 4) is 11.5 Å². The zero-order valence-electron chi connectivity index (χ0n) is 18.8. The van der Waals surface area contributed by atoms with Gasteiger partial charge in [0.25, 0.3) is 5.91 Å². The topological polar surface area (TPSA) is 113 Å². The lowest BCUT2D eigenvalue weighted by atomic mass is 10.1. The maximum atomic E-state index is 13.1. The summed E-state index contributed by atoms with van der Waals surface area (Å²) in [5.74, 6) is 0.661. The minimum atomic E-state index is -3.35. The lowest BCUT2D eigenvalue weighted by molar-refractivity contribution is -0.128. The van der Waals surface area contributed by atoms with E-state index in [2.05, 4.69) is 10.3 Å². The first kappa shape index (κ1) is 24.9. The molecule has 0 radical (unpaired) electrons. The molecule has 1 unspecified atom stereocenters. The molecule has 1 N–H and O–H groups in total. The first-order valence-corrected chi connectivity index (χ1v) is 12.6. The Morgan fingerprint density at radius 2 is 1.73 bits per heavy atom. The third kappa shape index (κ3) is 5.80. The van der Waals surface area contributed by atoms with Crippen LogP contribution in [0.2, 0.25) is 0 Å². The molecule has 178 valence electrons. The number of carbonyl (C=O) groups is 1. The number of anilines is 1. The standard InChI is InChI=1S/C22H26N2O7S2/c1-5-33(26,27)15-8-6-14(7-9-15)20(31-11-10-28-2)21(25)24-22-23-16-12-17(29-3)18(30-4)13-19(16)32-22/h6-9,12-13,20H,5,10-11H2,1-4H3,(H,23,24,25). The van der Waals surface area contributed by atoms with Gasteiger partial charge >= 0.3 is 0 Å². The van der Waals surface area contributed by atoms with Crippen LogP contribution in [0.4, 0.5) is 5.13 Å². The molecule has 9 nitrogen and oxygen atoms in total. The molecule has 2 aromatic carbocycles. The Kier molecular flexibility index (Phi) is 8.25. The maximum absolute atomic E-state index is 13.1. The number of carbonyl (C=O) groups excluding carboxylic acids is 1. The van der Waals surface area contributed by atoms with Crippen LogP contribution in [0.15, 0.2) is 41.3 Å². The van der Waals surface area contributed by atoms with Crippen LogP contribution in [-0.2, 0) is 24.1 Å². The SMILES string of the molecule is CCS(=O)(=O)c1ccc(C(OCCOC)C(=O)Nc2nc3cc(OC)c(OC)cc3s2)cc1. The van der Waals surface area contributed by atoms with Crippen LogP contribution < -0.4 is 14.8 Å². The molecule has 0 fully saturated rings. The molecule has 1 heterocycles. The fourth-order valence-corrected chi connectivity index (χ4v) is 4.83. The number of hydrogen-bond donors (Lipinski definition) is 1. The van der Waals surface area contributed by atoms with Gasteiger partial charge in [0.1, 0.15) is 0 Å². The smallest absolute Gasteiger partial charge is 0.259 e. The molecule has 1 amide bonds. The van der Waals surface area contributed by atoms with E-state index in [1.165, 1.54) is 37.7 Å². The quantitative estimate of drug-likeness (QED) is 0.403. The molecule has 3 aromatic rings. The van der Waals surface area contributed by atoms with Gasteiger partial charge in [-0.3, -0.25) is 10.1 Å². The van der Waals surface area contributed by atoms with E-state index in [0.29, 0.717) is 34.3 Å². The highest BCUT2D eigenvalue weighted by atomic mass is 32.2. The van der Waals surface area contributed by atoms with Crippen molar-refractivity contribution in [1.29, 1.82) is 0 Å². The number of methoxy groups -OCH3 is 3. The molecular weight excluding hydrogens is 468 g/mol. The molecule has 0 aliphatic carbocycles. The van der Waals surface area contributed by atoms with E-state index in [1.54, 1.807) is 38.3 Å². The summed E-state index contributed by atoms with van der Waals surface area (Å²) in [6, 6.07) is 9.64. The van der Waals surface area contributed by atoms with Gasteiger partial charge in [0.15, 0.2) is 32.6 Å². The number of rotatable bonds is 11. The van der Waals surface area contributed by atoms with Crippen molar-refractivity contribution in [2.75, 3.05) is 45.6 Å². The van der Waals surface area contributed by atoms with Gasteiger partial charge in [-0.25, -0.2) is 13.4 Å². The summed E-state index contributed by atoms with van der Waals surface area (Å²) in [5, 5.41) is 3.18. The Hall–Kier alpha value is -2.73. The Bertz CT molecular complexity index is 1170. The van der Waals surface area contributed by atoms with Gasteiger partial charge in [-0.2, -0.15) is 0 Å². The minimum absolute atomic E-state index is 0.00617. The van der Waals surface area contributed by atoms with Crippen molar-refractivity contribution in [1.82, 2.24) is 4.98 Å². The van der Waals surface area contributed by atoms with Crippen molar-refractivity contribution in [3.05, 3.63) is 42.0 Å². The fraction of sp³-hybridized carbons (Fsp3) is 0.364. The summed E-state index contributed by atoms with van der Waals surface area (Å²) >= 11 is 1.29. The van der Waals surface area contributed by atoms with Crippen molar-refractivity contribution < 1.29 is 32.2 Å². The van der Waals surface area contributed by atoms with E-state index in [1.807, 2.05) is 0 Å². The van der Waals surface area contributed by atoms with Crippen LogP contribution in [0.25, 0.3) is 10.2 Å². The van der Waals surface area contributed by atoms with Gasteiger partial charge in [-0.15, -0.1) is 0 Å². The van der Waals surface area contributed by atoms with Crippen molar-refractivity contribution in [3.63, 3.8) is 0 Å². The van der Waals surface area contributed by atoms with E-state index in [9.17, 15) is 13.2 Å². The van der Waals surface area contributed by atoms with E-state index in [0.717, 1.165) is 4.70 Å².